The quantitative estimate of drug-likeness (QED) is 0.650. The second-order valence-corrected chi connectivity index (χ2v) is 6.53. The van der Waals surface area contributed by atoms with E-state index in [1.807, 2.05) is 74.5 Å². The largest absolute Gasteiger partial charge is 0.497 e. The Morgan fingerprint density at radius 2 is 1.63 bits per heavy atom. The molecule has 1 N–H and O–H groups in total. The van der Waals surface area contributed by atoms with Gasteiger partial charge in [-0.1, -0.05) is 49.4 Å². The molecule has 0 bridgehead atoms. The van der Waals surface area contributed by atoms with Gasteiger partial charge in [-0.15, -0.1) is 0 Å². The summed E-state index contributed by atoms with van der Waals surface area (Å²) in [6, 6.07) is 21.6. The lowest BCUT2D eigenvalue weighted by atomic mass is 10.1. The summed E-state index contributed by atoms with van der Waals surface area (Å²) in [6.07, 6.45) is 0.0559. The second-order valence-electron chi connectivity index (χ2n) is 6.53. The Kier molecular flexibility index (Phi) is 5.97. The normalized spacial score (nSPS) is 13.0. The van der Waals surface area contributed by atoms with Gasteiger partial charge in [-0.05, 0) is 53.9 Å². The molecule has 3 rings (SSSR count). The number of nitrogens with one attached hydrogen (secondary N) is 1. The first-order chi connectivity index (χ1) is 13.1. The van der Waals surface area contributed by atoms with Crippen LogP contribution in [0.5, 0.6) is 11.5 Å². The molecule has 0 aliphatic heterocycles. The van der Waals surface area contributed by atoms with Gasteiger partial charge in [0.15, 0.2) is 6.10 Å². The molecule has 3 aromatic carbocycles. The standard InChI is InChI=1S/C23H25NO3/c1-4-22(27-21-14-11-18-7-5-6-8-19(18)15-21)23(25)24-16(2)17-9-12-20(26-3)13-10-17/h5-16,22H,4H2,1-3H3,(H,24,25)/t16-,22-/m1/s1. The number of ether oxygens (including phenoxy) is 2. The first-order valence-corrected chi connectivity index (χ1v) is 9.20. The molecular weight excluding hydrogens is 338 g/mol. The van der Waals surface area contributed by atoms with E-state index >= 15 is 0 Å². The van der Waals surface area contributed by atoms with E-state index in [4.69, 9.17) is 9.47 Å². The minimum Gasteiger partial charge on any atom is -0.497 e. The summed E-state index contributed by atoms with van der Waals surface area (Å²) in [5.74, 6) is 1.38. The number of hydrogen-bond donors (Lipinski definition) is 1. The van der Waals surface area contributed by atoms with Crippen LogP contribution in [0.2, 0.25) is 0 Å². The number of carbonyl (C=O) groups excluding carboxylic acids is 1. The molecule has 0 fully saturated rings. The number of carbonyl (C=O) groups is 1. The van der Waals surface area contributed by atoms with Gasteiger partial charge in [0.1, 0.15) is 11.5 Å². The van der Waals surface area contributed by atoms with Crippen molar-refractivity contribution in [3.05, 3.63) is 72.3 Å². The van der Waals surface area contributed by atoms with Crippen LogP contribution in [0, 0.1) is 0 Å². The summed E-state index contributed by atoms with van der Waals surface area (Å²) in [7, 11) is 1.64. The average Bonchev–Trinajstić information content (AvgIpc) is 2.71. The molecule has 27 heavy (non-hydrogen) atoms. The van der Waals surface area contributed by atoms with Gasteiger partial charge in [-0.2, -0.15) is 0 Å². The summed E-state index contributed by atoms with van der Waals surface area (Å²) in [6.45, 7) is 3.91. The SMILES string of the molecule is CC[C@@H](Oc1ccc2ccccc2c1)C(=O)N[C@H](C)c1ccc(OC)cc1. The van der Waals surface area contributed by atoms with Crippen molar-refractivity contribution in [1.29, 1.82) is 0 Å². The zero-order valence-corrected chi connectivity index (χ0v) is 15.9. The van der Waals surface area contributed by atoms with Gasteiger partial charge >= 0.3 is 0 Å². The molecule has 4 nitrogen and oxygen atoms in total. The summed E-state index contributed by atoms with van der Waals surface area (Å²) in [5.41, 5.74) is 1.02. The Bertz CT molecular complexity index is 905. The highest BCUT2D eigenvalue weighted by atomic mass is 16.5. The molecular formula is C23H25NO3. The van der Waals surface area contributed by atoms with Crippen LogP contribution in [0.15, 0.2) is 66.7 Å². The van der Waals surface area contributed by atoms with Crippen molar-refractivity contribution in [3.8, 4) is 11.5 Å². The Morgan fingerprint density at radius 3 is 2.30 bits per heavy atom. The summed E-state index contributed by atoms with van der Waals surface area (Å²) in [5, 5.41) is 5.28. The van der Waals surface area contributed by atoms with Gasteiger partial charge in [0.2, 0.25) is 0 Å². The molecule has 0 radical (unpaired) electrons. The van der Waals surface area contributed by atoms with Crippen LogP contribution in [0.1, 0.15) is 31.9 Å². The maximum absolute atomic E-state index is 12.7. The molecule has 3 aromatic rings. The van der Waals surface area contributed by atoms with E-state index < -0.39 is 6.10 Å². The van der Waals surface area contributed by atoms with Crippen molar-refractivity contribution in [2.75, 3.05) is 7.11 Å². The Labute approximate surface area is 160 Å². The maximum atomic E-state index is 12.7. The van der Waals surface area contributed by atoms with Crippen LogP contribution >= 0.6 is 0 Å². The highest BCUT2D eigenvalue weighted by Crippen LogP contribution is 2.23. The molecule has 1 amide bonds. The zero-order chi connectivity index (χ0) is 19.2. The molecule has 0 saturated heterocycles. The molecule has 0 spiro atoms. The van der Waals surface area contributed by atoms with Crippen molar-refractivity contribution in [3.63, 3.8) is 0 Å². The number of fused-ring (bicyclic) bond motifs is 1. The van der Waals surface area contributed by atoms with E-state index in [0.717, 1.165) is 22.1 Å². The first-order valence-electron chi connectivity index (χ1n) is 9.20. The topological polar surface area (TPSA) is 47.6 Å². The Balaban J connectivity index is 1.67. The van der Waals surface area contributed by atoms with Crippen molar-refractivity contribution in [2.45, 2.75) is 32.4 Å². The van der Waals surface area contributed by atoms with Crippen LogP contribution in [-0.2, 0) is 4.79 Å². The predicted octanol–water partition coefficient (Wildman–Crippen LogP) is 4.88. The van der Waals surface area contributed by atoms with Crippen LogP contribution < -0.4 is 14.8 Å². The van der Waals surface area contributed by atoms with Crippen LogP contribution in [0.3, 0.4) is 0 Å². The third kappa shape index (κ3) is 4.59. The highest BCUT2D eigenvalue weighted by molar-refractivity contribution is 5.84. The van der Waals surface area contributed by atoms with Crippen molar-refractivity contribution in [1.82, 2.24) is 5.32 Å². The van der Waals surface area contributed by atoms with E-state index in [1.165, 1.54) is 0 Å². The zero-order valence-electron chi connectivity index (χ0n) is 15.9. The first kappa shape index (κ1) is 18.8. The van der Waals surface area contributed by atoms with Crippen LogP contribution in [0.4, 0.5) is 0 Å². The van der Waals surface area contributed by atoms with E-state index in [-0.39, 0.29) is 11.9 Å². The fraction of sp³-hybridized carbons (Fsp3) is 0.261. The molecule has 0 saturated carbocycles. The van der Waals surface area contributed by atoms with Crippen LogP contribution in [0.25, 0.3) is 10.8 Å². The molecule has 0 aromatic heterocycles. The van der Waals surface area contributed by atoms with Crippen molar-refractivity contribution < 1.29 is 14.3 Å². The third-order valence-corrected chi connectivity index (χ3v) is 4.64. The van der Waals surface area contributed by atoms with E-state index in [2.05, 4.69) is 11.4 Å². The molecule has 0 aliphatic carbocycles. The number of methoxy groups -OCH3 is 1. The molecule has 0 aliphatic rings. The number of benzene rings is 3. The lowest BCUT2D eigenvalue weighted by molar-refractivity contribution is -0.128. The Morgan fingerprint density at radius 1 is 0.963 bits per heavy atom. The highest BCUT2D eigenvalue weighted by Gasteiger charge is 2.21. The second kappa shape index (κ2) is 8.58. The number of hydrogen-bond acceptors (Lipinski definition) is 3. The predicted molar refractivity (Wildman–Crippen MR) is 108 cm³/mol. The fourth-order valence-electron chi connectivity index (χ4n) is 3.01. The average molecular weight is 363 g/mol. The molecule has 4 heteroatoms. The Hall–Kier alpha value is -3.01. The van der Waals surface area contributed by atoms with Gasteiger partial charge < -0.3 is 14.8 Å². The van der Waals surface area contributed by atoms with Gasteiger partial charge in [-0.3, -0.25) is 4.79 Å². The number of amides is 1. The summed E-state index contributed by atoms with van der Waals surface area (Å²) >= 11 is 0. The van der Waals surface area contributed by atoms with E-state index in [9.17, 15) is 4.79 Å². The smallest absolute Gasteiger partial charge is 0.261 e. The third-order valence-electron chi connectivity index (χ3n) is 4.64. The molecule has 0 heterocycles. The van der Waals surface area contributed by atoms with Crippen molar-refractivity contribution >= 4 is 16.7 Å². The van der Waals surface area contributed by atoms with Crippen LogP contribution in [-0.4, -0.2) is 19.1 Å². The molecule has 140 valence electrons. The van der Waals surface area contributed by atoms with Gasteiger partial charge in [-0.25, -0.2) is 0 Å². The summed E-state index contributed by atoms with van der Waals surface area (Å²) < 4.78 is 11.1. The molecule has 2 atom stereocenters. The van der Waals surface area contributed by atoms with Crippen molar-refractivity contribution in [2.24, 2.45) is 0 Å². The monoisotopic (exact) mass is 363 g/mol. The van der Waals surface area contributed by atoms with Gasteiger partial charge in [0.25, 0.3) is 5.91 Å². The minimum absolute atomic E-state index is 0.113. The van der Waals surface area contributed by atoms with Gasteiger partial charge in [0, 0.05) is 0 Å². The molecule has 0 unspecified atom stereocenters. The minimum atomic E-state index is -0.535. The van der Waals surface area contributed by atoms with Gasteiger partial charge in [0.05, 0.1) is 13.2 Å². The fourth-order valence-corrected chi connectivity index (χ4v) is 3.01. The number of rotatable bonds is 7. The maximum Gasteiger partial charge on any atom is 0.261 e. The lowest BCUT2D eigenvalue weighted by Crippen LogP contribution is -2.39. The summed E-state index contributed by atoms with van der Waals surface area (Å²) in [4.78, 5) is 12.7. The van der Waals surface area contributed by atoms with E-state index in [1.54, 1.807) is 7.11 Å². The van der Waals surface area contributed by atoms with E-state index in [0.29, 0.717) is 12.2 Å². The lowest BCUT2D eigenvalue weighted by Gasteiger charge is -2.21.